The molecule has 1 heterocycles. The molecule has 158 valence electrons. The predicted octanol–water partition coefficient (Wildman–Crippen LogP) is 3.20. The highest BCUT2D eigenvalue weighted by Crippen LogP contribution is 2.32. The van der Waals surface area contributed by atoms with E-state index in [1.54, 1.807) is 14.0 Å². The molecule has 2 aromatic rings. The fourth-order valence-electron chi connectivity index (χ4n) is 3.64. The molecule has 0 saturated carbocycles. The second-order valence-electron chi connectivity index (χ2n) is 7.51. The standard InChI is InChI=1S/C23H26FN3O3/c1-4-16-6-8-17(9-7-16)14-26(3)20(28)15-27-21(29)23(5-2,25-22(27)30)18-10-12-19(24)13-11-18/h6-13H,4-5,14-15H2,1-3H3,(H,25,30)/t23-/m1/s1. The van der Waals surface area contributed by atoms with E-state index in [1.165, 1.54) is 34.7 Å². The lowest BCUT2D eigenvalue weighted by Crippen LogP contribution is -2.45. The molecule has 1 N–H and O–H groups in total. The summed E-state index contributed by atoms with van der Waals surface area (Å²) in [5, 5.41) is 2.70. The van der Waals surface area contributed by atoms with Gasteiger partial charge in [-0.1, -0.05) is 50.2 Å². The van der Waals surface area contributed by atoms with Crippen LogP contribution in [-0.2, 0) is 28.1 Å². The van der Waals surface area contributed by atoms with Crippen LogP contribution in [0, 0.1) is 5.82 Å². The maximum atomic E-state index is 13.3. The van der Waals surface area contributed by atoms with Crippen molar-refractivity contribution in [1.82, 2.24) is 15.1 Å². The summed E-state index contributed by atoms with van der Waals surface area (Å²) < 4.78 is 13.3. The van der Waals surface area contributed by atoms with E-state index in [-0.39, 0.29) is 18.9 Å². The second kappa shape index (κ2) is 8.65. The molecule has 0 spiro atoms. The van der Waals surface area contributed by atoms with Gasteiger partial charge in [0, 0.05) is 13.6 Å². The topological polar surface area (TPSA) is 69.7 Å². The van der Waals surface area contributed by atoms with Crippen LogP contribution in [0.25, 0.3) is 0 Å². The summed E-state index contributed by atoms with van der Waals surface area (Å²) in [4.78, 5) is 40.8. The number of halogens is 1. The van der Waals surface area contributed by atoms with E-state index in [2.05, 4.69) is 12.2 Å². The molecule has 0 radical (unpaired) electrons. The van der Waals surface area contributed by atoms with Gasteiger partial charge in [0.1, 0.15) is 17.9 Å². The van der Waals surface area contributed by atoms with Gasteiger partial charge in [-0.15, -0.1) is 0 Å². The first-order valence-electron chi connectivity index (χ1n) is 10.0. The number of nitrogens with zero attached hydrogens (tertiary/aromatic N) is 2. The van der Waals surface area contributed by atoms with E-state index in [0.717, 1.165) is 16.9 Å². The van der Waals surface area contributed by atoms with Gasteiger partial charge in [0.25, 0.3) is 5.91 Å². The Labute approximate surface area is 175 Å². The number of benzene rings is 2. The minimum absolute atomic E-state index is 0.285. The molecule has 0 aliphatic carbocycles. The molecule has 0 aromatic heterocycles. The Bertz CT molecular complexity index is 943. The van der Waals surface area contributed by atoms with Crippen LogP contribution >= 0.6 is 0 Å². The summed E-state index contributed by atoms with van der Waals surface area (Å²) in [7, 11) is 1.64. The Morgan fingerprint density at radius 3 is 2.20 bits per heavy atom. The maximum Gasteiger partial charge on any atom is 0.325 e. The van der Waals surface area contributed by atoms with Crippen molar-refractivity contribution in [1.29, 1.82) is 0 Å². The molecule has 1 fully saturated rings. The smallest absolute Gasteiger partial charge is 0.325 e. The van der Waals surface area contributed by atoms with Gasteiger partial charge in [-0.2, -0.15) is 0 Å². The molecular formula is C23H26FN3O3. The molecule has 0 unspecified atom stereocenters. The van der Waals surface area contributed by atoms with Crippen molar-refractivity contribution in [3.05, 3.63) is 71.0 Å². The minimum atomic E-state index is -1.29. The lowest BCUT2D eigenvalue weighted by molar-refractivity contribution is -0.138. The van der Waals surface area contributed by atoms with Crippen molar-refractivity contribution < 1.29 is 18.8 Å². The van der Waals surface area contributed by atoms with Crippen LogP contribution in [0.1, 0.15) is 37.0 Å². The Hall–Kier alpha value is -3.22. The highest BCUT2D eigenvalue weighted by Gasteiger charge is 2.51. The van der Waals surface area contributed by atoms with Crippen LogP contribution in [-0.4, -0.2) is 41.2 Å². The fraction of sp³-hybridized carbons (Fsp3) is 0.348. The lowest BCUT2D eigenvalue weighted by Gasteiger charge is -2.26. The van der Waals surface area contributed by atoms with Crippen molar-refractivity contribution in [2.45, 2.75) is 38.8 Å². The minimum Gasteiger partial charge on any atom is -0.340 e. The average Bonchev–Trinajstić information content (AvgIpc) is 2.99. The molecule has 1 aliphatic rings. The summed E-state index contributed by atoms with van der Waals surface area (Å²) in [6.45, 7) is 3.87. The van der Waals surface area contributed by atoms with Crippen LogP contribution in [0.15, 0.2) is 48.5 Å². The van der Waals surface area contributed by atoms with Crippen molar-refractivity contribution in [2.24, 2.45) is 0 Å². The quantitative estimate of drug-likeness (QED) is 0.712. The number of hydrogen-bond acceptors (Lipinski definition) is 3. The Kier molecular flexibility index (Phi) is 6.20. The van der Waals surface area contributed by atoms with Crippen LogP contribution < -0.4 is 5.32 Å². The van der Waals surface area contributed by atoms with Crippen LogP contribution in [0.5, 0.6) is 0 Å². The molecule has 2 aromatic carbocycles. The molecule has 4 amide bonds. The second-order valence-corrected chi connectivity index (χ2v) is 7.51. The van der Waals surface area contributed by atoms with Crippen LogP contribution in [0.2, 0.25) is 0 Å². The van der Waals surface area contributed by atoms with Gasteiger partial charge in [0.15, 0.2) is 0 Å². The van der Waals surface area contributed by atoms with Gasteiger partial charge >= 0.3 is 6.03 Å². The number of likely N-dealkylation sites (N-methyl/N-ethyl adjacent to an activating group) is 1. The zero-order valence-corrected chi connectivity index (χ0v) is 17.4. The zero-order valence-electron chi connectivity index (χ0n) is 17.4. The average molecular weight is 411 g/mol. The fourth-order valence-corrected chi connectivity index (χ4v) is 3.64. The molecule has 30 heavy (non-hydrogen) atoms. The first-order chi connectivity index (χ1) is 14.3. The van der Waals surface area contributed by atoms with E-state index in [4.69, 9.17) is 0 Å². The largest absolute Gasteiger partial charge is 0.340 e. The predicted molar refractivity (Wildman–Crippen MR) is 111 cm³/mol. The van der Waals surface area contributed by atoms with Gasteiger partial charge in [-0.25, -0.2) is 9.18 Å². The monoisotopic (exact) mass is 411 g/mol. The molecule has 1 aliphatic heterocycles. The number of carbonyl (C=O) groups is 3. The number of hydrogen-bond donors (Lipinski definition) is 1. The van der Waals surface area contributed by atoms with Crippen molar-refractivity contribution >= 4 is 17.8 Å². The van der Waals surface area contributed by atoms with Crippen molar-refractivity contribution in [3.8, 4) is 0 Å². The number of carbonyl (C=O) groups excluding carboxylic acids is 3. The number of aryl methyl sites for hydroxylation is 1. The molecule has 6 nitrogen and oxygen atoms in total. The molecular weight excluding hydrogens is 385 g/mol. The summed E-state index contributed by atoms with van der Waals surface area (Å²) in [5.74, 6) is -1.28. The SMILES string of the molecule is CCc1ccc(CN(C)C(=O)CN2C(=O)N[C@](CC)(c3ccc(F)cc3)C2=O)cc1. The number of rotatable bonds is 7. The third-order valence-electron chi connectivity index (χ3n) is 5.61. The maximum absolute atomic E-state index is 13.3. The van der Waals surface area contributed by atoms with Crippen LogP contribution in [0.3, 0.4) is 0 Å². The Morgan fingerprint density at radius 1 is 1.03 bits per heavy atom. The van der Waals surface area contributed by atoms with E-state index >= 15 is 0 Å². The Morgan fingerprint density at radius 2 is 1.63 bits per heavy atom. The highest BCUT2D eigenvalue weighted by molar-refractivity contribution is 6.09. The van der Waals surface area contributed by atoms with Gasteiger partial charge < -0.3 is 10.2 Å². The first-order valence-corrected chi connectivity index (χ1v) is 10.0. The Balaban J connectivity index is 1.72. The van der Waals surface area contributed by atoms with Gasteiger partial charge in [0.05, 0.1) is 0 Å². The highest BCUT2D eigenvalue weighted by atomic mass is 19.1. The van der Waals surface area contributed by atoms with Gasteiger partial charge in [-0.3, -0.25) is 14.5 Å². The summed E-state index contributed by atoms with van der Waals surface area (Å²) in [6, 6.07) is 12.8. The summed E-state index contributed by atoms with van der Waals surface area (Å²) in [6.07, 6.45) is 1.22. The van der Waals surface area contributed by atoms with Crippen molar-refractivity contribution in [3.63, 3.8) is 0 Å². The summed E-state index contributed by atoms with van der Waals surface area (Å²) >= 11 is 0. The number of amides is 4. The number of imide groups is 1. The molecule has 1 saturated heterocycles. The molecule has 3 rings (SSSR count). The third kappa shape index (κ3) is 4.06. The van der Waals surface area contributed by atoms with Gasteiger partial charge in [-0.05, 0) is 41.7 Å². The molecule has 0 bridgehead atoms. The van der Waals surface area contributed by atoms with Crippen LogP contribution in [0.4, 0.5) is 9.18 Å². The van der Waals surface area contributed by atoms with E-state index in [1.807, 2.05) is 24.3 Å². The number of nitrogens with one attached hydrogen (secondary N) is 1. The van der Waals surface area contributed by atoms with E-state index in [0.29, 0.717) is 12.1 Å². The normalized spacial score (nSPS) is 18.5. The lowest BCUT2D eigenvalue weighted by atomic mass is 9.87. The zero-order chi connectivity index (χ0) is 21.9. The summed E-state index contributed by atoms with van der Waals surface area (Å²) in [5.41, 5.74) is 1.38. The van der Waals surface area contributed by atoms with Gasteiger partial charge in [0.2, 0.25) is 5.91 Å². The van der Waals surface area contributed by atoms with E-state index in [9.17, 15) is 18.8 Å². The third-order valence-corrected chi connectivity index (χ3v) is 5.61. The first kappa shape index (κ1) is 21.5. The number of urea groups is 1. The molecule has 1 atom stereocenters. The van der Waals surface area contributed by atoms with E-state index < -0.39 is 23.3 Å². The molecule has 7 heteroatoms. The van der Waals surface area contributed by atoms with Crippen molar-refractivity contribution in [2.75, 3.05) is 13.6 Å².